The standard InChI is InChI=1S/C12H11ClN6O2/c1-20-11-7-9(6-10(13)16-11)12-14-8-18(17-12)3-4-19-15-2-5-21-19/h2-4,6-8H,5H2,1H3. The van der Waals surface area contributed by atoms with Gasteiger partial charge in [0.05, 0.1) is 25.7 Å². The van der Waals surface area contributed by atoms with Crippen LogP contribution in [0.3, 0.4) is 0 Å². The maximum atomic E-state index is 5.93. The third-order valence-electron chi connectivity index (χ3n) is 2.57. The zero-order chi connectivity index (χ0) is 14.7. The number of hydrogen-bond donors (Lipinski definition) is 0. The zero-order valence-electron chi connectivity index (χ0n) is 11.0. The van der Waals surface area contributed by atoms with Crippen LogP contribution in [-0.4, -0.2) is 44.9 Å². The molecular weight excluding hydrogens is 296 g/mol. The van der Waals surface area contributed by atoms with E-state index in [1.165, 1.54) is 17.0 Å². The molecule has 0 aromatic carbocycles. The highest BCUT2D eigenvalue weighted by Gasteiger charge is 2.08. The Bertz CT molecular complexity index is 699. The SMILES string of the molecule is COc1cc(-c2ncn(C=CN3N=CCO3)n2)cc(Cl)n1. The summed E-state index contributed by atoms with van der Waals surface area (Å²) in [6.45, 7) is 0.461. The average Bonchev–Trinajstić information content (AvgIpc) is 3.15. The Balaban J connectivity index is 1.81. The molecule has 8 nitrogen and oxygen atoms in total. The van der Waals surface area contributed by atoms with Crippen LogP contribution in [0.2, 0.25) is 5.15 Å². The van der Waals surface area contributed by atoms with Crippen molar-refractivity contribution in [2.45, 2.75) is 0 Å². The lowest BCUT2D eigenvalue weighted by Gasteiger charge is -2.04. The lowest BCUT2D eigenvalue weighted by molar-refractivity contribution is -0.0811. The van der Waals surface area contributed by atoms with E-state index in [0.29, 0.717) is 23.5 Å². The van der Waals surface area contributed by atoms with Crippen LogP contribution in [0.1, 0.15) is 0 Å². The Morgan fingerprint density at radius 1 is 1.38 bits per heavy atom. The number of pyridine rings is 1. The number of aromatic nitrogens is 4. The van der Waals surface area contributed by atoms with Gasteiger partial charge >= 0.3 is 0 Å². The van der Waals surface area contributed by atoms with Crippen molar-refractivity contribution in [1.29, 1.82) is 0 Å². The summed E-state index contributed by atoms with van der Waals surface area (Å²) in [5.41, 5.74) is 0.717. The highest BCUT2D eigenvalue weighted by molar-refractivity contribution is 6.29. The number of methoxy groups -OCH3 is 1. The molecular formula is C12H11ClN6O2. The molecule has 1 aliphatic rings. The Hall–Kier alpha value is -2.45. The van der Waals surface area contributed by atoms with Crippen LogP contribution in [-0.2, 0) is 4.84 Å². The predicted octanol–water partition coefficient (Wildman–Crippen LogP) is 1.66. The van der Waals surface area contributed by atoms with Gasteiger partial charge in [0.15, 0.2) is 5.82 Å². The fourth-order valence-electron chi connectivity index (χ4n) is 1.65. The molecule has 21 heavy (non-hydrogen) atoms. The van der Waals surface area contributed by atoms with Gasteiger partial charge in [0.25, 0.3) is 0 Å². The van der Waals surface area contributed by atoms with Crippen molar-refractivity contribution >= 4 is 24.0 Å². The molecule has 0 atom stereocenters. The first-order chi connectivity index (χ1) is 10.2. The van der Waals surface area contributed by atoms with Gasteiger partial charge in [-0.1, -0.05) is 11.6 Å². The van der Waals surface area contributed by atoms with Gasteiger partial charge in [0.2, 0.25) is 5.88 Å². The maximum Gasteiger partial charge on any atom is 0.215 e. The molecule has 0 fully saturated rings. The van der Waals surface area contributed by atoms with Crippen molar-refractivity contribution in [3.05, 3.63) is 29.8 Å². The topological polar surface area (TPSA) is 77.7 Å². The number of hydrazone groups is 1. The highest BCUT2D eigenvalue weighted by Crippen LogP contribution is 2.22. The zero-order valence-corrected chi connectivity index (χ0v) is 11.8. The molecule has 1 aliphatic heterocycles. The molecule has 0 N–H and O–H groups in total. The number of halogens is 1. The summed E-state index contributed by atoms with van der Waals surface area (Å²) < 4.78 is 6.60. The summed E-state index contributed by atoms with van der Waals surface area (Å²) >= 11 is 5.93. The summed E-state index contributed by atoms with van der Waals surface area (Å²) in [7, 11) is 1.52. The van der Waals surface area contributed by atoms with Crippen LogP contribution in [0.25, 0.3) is 17.6 Å². The van der Waals surface area contributed by atoms with E-state index in [2.05, 4.69) is 20.2 Å². The fourth-order valence-corrected chi connectivity index (χ4v) is 1.85. The minimum Gasteiger partial charge on any atom is -0.481 e. The second-order valence-corrected chi connectivity index (χ2v) is 4.35. The summed E-state index contributed by atoms with van der Waals surface area (Å²) in [6, 6.07) is 3.38. The lowest BCUT2D eigenvalue weighted by Crippen LogP contribution is -2.04. The molecule has 2 aromatic rings. The number of nitrogens with zero attached hydrogens (tertiary/aromatic N) is 6. The van der Waals surface area contributed by atoms with E-state index in [4.69, 9.17) is 21.2 Å². The third-order valence-corrected chi connectivity index (χ3v) is 2.76. The smallest absolute Gasteiger partial charge is 0.215 e. The second-order valence-electron chi connectivity index (χ2n) is 3.96. The maximum absolute atomic E-state index is 5.93. The van der Waals surface area contributed by atoms with E-state index in [-0.39, 0.29) is 0 Å². The summed E-state index contributed by atoms with van der Waals surface area (Å²) in [6.07, 6.45) is 6.51. The van der Waals surface area contributed by atoms with Gasteiger partial charge in [-0.25, -0.2) is 19.5 Å². The molecule has 0 aliphatic carbocycles. The van der Waals surface area contributed by atoms with Gasteiger partial charge in [-0.15, -0.1) is 10.3 Å². The minimum absolute atomic E-state index is 0.316. The molecule has 0 saturated carbocycles. The highest BCUT2D eigenvalue weighted by atomic mass is 35.5. The number of rotatable bonds is 4. The second kappa shape index (κ2) is 5.90. The summed E-state index contributed by atoms with van der Waals surface area (Å²) in [5.74, 6) is 0.914. The lowest BCUT2D eigenvalue weighted by atomic mass is 10.2. The van der Waals surface area contributed by atoms with Gasteiger partial charge in [0.1, 0.15) is 18.1 Å². The number of hydroxylamine groups is 1. The Kier molecular flexibility index (Phi) is 3.80. The molecule has 0 unspecified atom stereocenters. The van der Waals surface area contributed by atoms with E-state index >= 15 is 0 Å². The van der Waals surface area contributed by atoms with Crippen LogP contribution in [0.5, 0.6) is 5.88 Å². The summed E-state index contributed by atoms with van der Waals surface area (Å²) in [4.78, 5) is 13.3. The molecule has 0 bridgehead atoms. The van der Waals surface area contributed by atoms with Gasteiger partial charge in [-0.05, 0) is 6.07 Å². The van der Waals surface area contributed by atoms with Crippen molar-refractivity contribution in [1.82, 2.24) is 24.9 Å². The van der Waals surface area contributed by atoms with E-state index in [1.807, 2.05) is 0 Å². The Morgan fingerprint density at radius 2 is 2.29 bits per heavy atom. The molecule has 0 saturated heterocycles. The van der Waals surface area contributed by atoms with E-state index in [1.54, 1.807) is 37.1 Å². The third kappa shape index (κ3) is 3.18. The molecule has 0 spiro atoms. The monoisotopic (exact) mass is 306 g/mol. The largest absolute Gasteiger partial charge is 0.481 e. The average molecular weight is 307 g/mol. The van der Waals surface area contributed by atoms with Gasteiger partial charge in [-0.3, -0.25) is 0 Å². The van der Waals surface area contributed by atoms with Crippen molar-refractivity contribution < 1.29 is 9.57 Å². The molecule has 3 rings (SSSR count). The van der Waals surface area contributed by atoms with Crippen LogP contribution < -0.4 is 4.74 Å². The van der Waals surface area contributed by atoms with Crippen LogP contribution >= 0.6 is 11.6 Å². The van der Waals surface area contributed by atoms with Gasteiger partial charge in [0, 0.05) is 11.6 Å². The quantitative estimate of drug-likeness (QED) is 0.800. The van der Waals surface area contributed by atoms with E-state index < -0.39 is 0 Å². The molecule has 0 amide bonds. The molecule has 9 heteroatoms. The first-order valence-corrected chi connectivity index (χ1v) is 6.38. The number of ether oxygens (including phenoxy) is 1. The summed E-state index contributed by atoms with van der Waals surface area (Å²) in [5, 5.41) is 9.90. The van der Waals surface area contributed by atoms with Gasteiger partial charge in [-0.2, -0.15) is 5.10 Å². The molecule has 0 radical (unpaired) electrons. The van der Waals surface area contributed by atoms with Gasteiger partial charge < -0.3 is 4.74 Å². The van der Waals surface area contributed by atoms with E-state index in [9.17, 15) is 0 Å². The van der Waals surface area contributed by atoms with E-state index in [0.717, 1.165) is 5.56 Å². The minimum atomic E-state index is 0.316. The first-order valence-electron chi connectivity index (χ1n) is 6.00. The first kappa shape index (κ1) is 13.5. The Labute approximate surface area is 125 Å². The van der Waals surface area contributed by atoms with Crippen molar-refractivity contribution in [2.24, 2.45) is 5.10 Å². The van der Waals surface area contributed by atoms with Crippen molar-refractivity contribution in [3.8, 4) is 17.3 Å². The fraction of sp³-hybridized carbons (Fsp3) is 0.167. The molecule has 3 heterocycles. The van der Waals surface area contributed by atoms with Crippen LogP contribution in [0.4, 0.5) is 0 Å². The molecule has 2 aromatic heterocycles. The Morgan fingerprint density at radius 3 is 3.05 bits per heavy atom. The van der Waals surface area contributed by atoms with Crippen LogP contribution in [0, 0.1) is 0 Å². The number of hydrogen-bond acceptors (Lipinski definition) is 7. The van der Waals surface area contributed by atoms with Crippen molar-refractivity contribution in [2.75, 3.05) is 13.7 Å². The predicted molar refractivity (Wildman–Crippen MR) is 76.4 cm³/mol. The molecule has 108 valence electrons. The van der Waals surface area contributed by atoms with Crippen LogP contribution in [0.15, 0.2) is 29.8 Å². The van der Waals surface area contributed by atoms with Crippen molar-refractivity contribution in [3.63, 3.8) is 0 Å². The normalized spacial score (nSPS) is 14.3.